The molecule has 1 unspecified atom stereocenters. The van der Waals surface area contributed by atoms with Gasteiger partial charge in [0.15, 0.2) is 0 Å². The van der Waals surface area contributed by atoms with Crippen LogP contribution in [0.5, 0.6) is 5.75 Å². The highest BCUT2D eigenvalue weighted by Crippen LogP contribution is 2.19. The second-order valence-electron chi connectivity index (χ2n) is 5.89. The van der Waals surface area contributed by atoms with Gasteiger partial charge in [-0.25, -0.2) is 0 Å². The second kappa shape index (κ2) is 8.37. The molecule has 0 aliphatic carbocycles. The molecule has 0 bridgehead atoms. The van der Waals surface area contributed by atoms with Crippen LogP contribution < -0.4 is 10.5 Å². The predicted molar refractivity (Wildman–Crippen MR) is 85.6 cm³/mol. The van der Waals surface area contributed by atoms with Gasteiger partial charge in [0, 0.05) is 32.3 Å². The van der Waals surface area contributed by atoms with Crippen molar-refractivity contribution < 1.29 is 9.47 Å². The van der Waals surface area contributed by atoms with E-state index in [1.807, 2.05) is 19.1 Å². The van der Waals surface area contributed by atoms with Gasteiger partial charge in [0.05, 0.1) is 6.61 Å². The number of nitrogens with zero attached hydrogens (tertiary/aromatic N) is 1. The van der Waals surface area contributed by atoms with E-state index in [2.05, 4.69) is 24.1 Å². The van der Waals surface area contributed by atoms with Crippen molar-refractivity contribution in [1.82, 2.24) is 4.90 Å². The molecule has 1 aliphatic heterocycles. The summed E-state index contributed by atoms with van der Waals surface area (Å²) < 4.78 is 10.9. The van der Waals surface area contributed by atoms with Gasteiger partial charge in [0.2, 0.25) is 0 Å². The molecule has 1 heterocycles. The maximum Gasteiger partial charge on any atom is 0.119 e. The summed E-state index contributed by atoms with van der Waals surface area (Å²) in [6, 6.07) is 8.18. The van der Waals surface area contributed by atoms with Crippen LogP contribution in [-0.2, 0) is 4.74 Å². The molecule has 1 saturated heterocycles. The number of hydrogen-bond donors (Lipinski definition) is 1. The molecule has 0 saturated carbocycles. The van der Waals surface area contributed by atoms with Gasteiger partial charge in [-0.05, 0) is 50.4 Å². The van der Waals surface area contributed by atoms with Crippen LogP contribution in [0.15, 0.2) is 24.3 Å². The molecule has 1 aromatic carbocycles. The van der Waals surface area contributed by atoms with Crippen molar-refractivity contribution in [1.29, 1.82) is 0 Å². The first kappa shape index (κ1) is 16.3. The van der Waals surface area contributed by atoms with Crippen LogP contribution in [-0.4, -0.2) is 44.9 Å². The molecule has 4 heteroatoms. The standard InChI is InChI=1S/C17H28N2O2/c1-3-21-16-6-4-15(5-7-16)17(18)13-19(2)12-14-8-10-20-11-9-14/h4-7,14,17H,3,8-13,18H2,1-2H3. The lowest BCUT2D eigenvalue weighted by Gasteiger charge is -2.28. The zero-order chi connectivity index (χ0) is 15.1. The Bertz CT molecular complexity index is 402. The van der Waals surface area contributed by atoms with Gasteiger partial charge in [-0.1, -0.05) is 12.1 Å². The number of benzene rings is 1. The second-order valence-corrected chi connectivity index (χ2v) is 5.89. The van der Waals surface area contributed by atoms with Gasteiger partial charge in [-0.3, -0.25) is 0 Å². The first-order valence-corrected chi connectivity index (χ1v) is 7.93. The van der Waals surface area contributed by atoms with Crippen LogP contribution in [0.1, 0.15) is 31.4 Å². The van der Waals surface area contributed by atoms with Crippen LogP contribution in [0.2, 0.25) is 0 Å². The fourth-order valence-corrected chi connectivity index (χ4v) is 2.86. The van der Waals surface area contributed by atoms with Gasteiger partial charge in [0.1, 0.15) is 5.75 Å². The van der Waals surface area contributed by atoms with Crippen molar-refractivity contribution in [3.63, 3.8) is 0 Å². The van der Waals surface area contributed by atoms with Crippen LogP contribution in [0, 0.1) is 5.92 Å². The average Bonchev–Trinajstić information content (AvgIpc) is 2.49. The Hall–Kier alpha value is -1.10. The molecule has 1 fully saturated rings. The minimum Gasteiger partial charge on any atom is -0.494 e. The molecule has 4 nitrogen and oxygen atoms in total. The number of nitrogens with two attached hydrogens (primary N) is 1. The molecule has 21 heavy (non-hydrogen) atoms. The van der Waals surface area contributed by atoms with Gasteiger partial charge in [-0.2, -0.15) is 0 Å². The Labute approximate surface area is 128 Å². The van der Waals surface area contributed by atoms with Crippen LogP contribution in [0.3, 0.4) is 0 Å². The van der Waals surface area contributed by atoms with Crippen LogP contribution in [0.4, 0.5) is 0 Å². The fraction of sp³-hybridized carbons (Fsp3) is 0.647. The summed E-state index contributed by atoms with van der Waals surface area (Å²) >= 11 is 0. The lowest BCUT2D eigenvalue weighted by molar-refractivity contribution is 0.0551. The largest absolute Gasteiger partial charge is 0.494 e. The van der Waals surface area contributed by atoms with Crippen molar-refractivity contribution in [3.05, 3.63) is 29.8 Å². The lowest BCUT2D eigenvalue weighted by Crippen LogP contribution is -2.34. The van der Waals surface area contributed by atoms with Gasteiger partial charge in [-0.15, -0.1) is 0 Å². The molecule has 0 radical (unpaired) electrons. The Morgan fingerprint density at radius 3 is 2.57 bits per heavy atom. The van der Waals surface area contributed by atoms with E-state index in [1.165, 1.54) is 12.8 Å². The van der Waals surface area contributed by atoms with E-state index in [9.17, 15) is 0 Å². The molecular formula is C17H28N2O2. The normalized spacial score (nSPS) is 17.9. The van der Waals surface area contributed by atoms with Crippen molar-refractivity contribution in [2.75, 3.05) is 40.0 Å². The topological polar surface area (TPSA) is 47.7 Å². The maximum atomic E-state index is 6.32. The van der Waals surface area contributed by atoms with E-state index in [-0.39, 0.29) is 6.04 Å². The third kappa shape index (κ3) is 5.30. The van der Waals surface area contributed by atoms with Crippen LogP contribution in [0.25, 0.3) is 0 Å². The Morgan fingerprint density at radius 1 is 1.29 bits per heavy atom. The summed E-state index contributed by atoms with van der Waals surface area (Å²) in [5.41, 5.74) is 7.48. The summed E-state index contributed by atoms with van der Waals surface area (Å²) in [6.45, 7) is 6.48. The van der Waals surface area contributed by atoms with Gasteiger partial charge < -0.3 is 20.1 Å². The van der Waals surface area contributed by atoms with Gasteiger partial charge in [0.25, 0.3) is 0 Å². The van der Waals surface area contributed by atoms with Crippen LogP contribution >= 0.6 is 0 Å². The SMILES string of the molecule is CCOc1ccc(C(N)CN(C)CC2CCOCC2)cc1. The monoisotopic (exact) mass is 292 g/mol. The minimum atomic E-state index is 0.0468. The van der Waals surface area contributed by atoms with E-state index in [1.54, 1.807) is 0 Å². The average molecular weight is 292 g/mol. The highest BCUT2D eigenvalue weighted by Gasteiger charge is 2.17. The molecule has 0 aromatic heterocycles. The van der Waals surface area contributed by atoms with Crippen molar-refractivity contribution in [3.8, 4) is 5.75 Å². The zero-order valence-electron chi connectivity index (χ0n) is 13.3. The molecule has 2 N–H and O–H groups in total. The summed E-state index contributed by atoms with van der Waals surface area (Å²) in [4.78, 5) is 2.34. The van der Waals surface area contributed by atoms with Crippen molar-refractivity contribution in [2.45, 2.75) is 25.8 Å². The Kier molecular flexibility index (Phi) is 6.49. The summed E-state index contributed by atoms with van der Waals surface area (Å²) in [5.74, 6) is 1.65. The van der Waals surface area contributed by atoms with Gasteiger partial charge >= 0.3 is 0 Å². The van der Waals surface area contributed by atoms with E-state index in [0.29, 0.717) is 6.61 Å². The van der Waals surface area contributed by atoms with E-state index in [4.69, 9.17) is 15.2 Å². The lowest BCUT2D eigenvalue weighted by atomic mass is 9.99. The number of rotatable bonds is 7. The highest BCUT2D eigenvalue weighted by atomic mass is 16.5. The van der Waals surface area contributed by atoms with Crippen molar-refractivity contribution in [2.24, 2.45) is 11.7 Å². The molecule has 118 valence electrons. The number of ether oxygens (including phenoxy) is 2. The number of hydrogen-bond acceptors (Lipinski definition) is 4. The zero-order valence-corrected chi connectivity index (χ0v) is 13.3. The molecule has 1 aliphatic rings. The maximum absolute atomic E-state index is 6.32. The Morgan fingerprint density at radius 2 is 1.95 bits per heavy atom. The molecule has 0 amide bonds. The third-order valence-corrected chi connectivity index (χ3v) is 4.04. The Balaban J connectivity index is 1.80. The smallest absolute Gasteiger partial charge is 0.119 e. The highest BCUT2D eigenvalue weighted by molar-refractivity contribution is 5.29. The summed E-state index contributed by atoms with van der Waals surface area (Å²) in [5, 5.41) is 0. The minimum absolute atomic E-state index is 0.0468. The molecule has 1 aromatic rings. The quantitative estimate of drug-likeness (QED) is 0.838. The predicted octanol–water partition coefficient (Wildman–Crippen LogP) is 2.44. The van der Waals surface area contributed by atoms with E-state index in [0.717, 1.165) is 43.5 Å². The number of likely N-dealkylation sites (N-methyl/N-ethyl adjacent to an activating group) is 1. The third-order valence-electron chi connectivity index (χ3n) is 4.04. The summed E-state index contributed by atoms with van der Waals surface area (Å²) in [7, 11) is 2.16. The molecular weight excluding hydrogens is 264 g/mol. The molecule has 0 spiro atoms. The first-order valence-electron chi connectivity index (χ1n) is 7.93. The van der Waals surface area contributed by atoms with E-state index >= 15 is 0 Å². The molecule has 1 atom stereocenters. The van der Waals surface area contributed by atoms with Crippen molar-refractivity contribution >= 4 is 0 Å². The van der Waals surface area contributed by atoms with E-state index < -0.39 is 0 Å². The summed E-state index contributed by atoms with van der Waals surface area (Å²) in [6.07, 6.45) is 2.34. The first-order chi connectivity index (χ1) is 10.2. The molecule has 2 rings (SSSR count). The fourth-order valence-electron chi connectivity index (χ4n) is 2.86.